The van der Waals surface area contributed by atoms with Gasteiger partial charge in [-0.15, -0.1) is 5.10 Å². The number of hydrogen-bond donors (Lipinski definition) is 1. The number of tetrazole rings is 1. The highest BCUT2D eigenvalue weighted by atomic mass is 16.4. The van der Waals surface area contributed by atoms with Crippen molar-refractivity contribution in [1.29, 1.82) is 0 Å². The third-order valence-corrected chi connectivity index (χ3v) is 4.59. The quantitative estimate of drug-likeness (QED) is 0.844. The lowest BCUT2D eigenvalue weighted by Crippen LogP contribution is -2.29. The number of benzene rings is 1. The van der Waals surface area contributed by atoms with E-state index in [1.54, 1.807) is 22.9 Å². The number of likely N-dealkylation sites (tertiary alicyclic amines) is 1. The molecule has 8 heteroatoms. The van der Waals surface area contributed by atoms with Gasteiger partial charge in [0, 0.05) is 19.5 Å². The van der Waals surface area contributed by atoms with Crippen LogP contribution in [0.2, 0.25) is 0 Å². The van der Waals surface area contributed by atoms with Gasteiger partial charge in [-0.1, -0.05) is 12.1 Å². The third-order valence-electron chi connectivity index (χ3n) is 4.59. The van der Waals surface area contributed by atoms with Gasteiger partial charge in [-0.2, -0.15) is 0 Å². The molecule has 3 rings (SSSR count). The summed E-state index contributed by atoms with van der Waals surface area (Å²) >= 11 is 0. The van der Waals surface area contributed by atoms with Crippen molar-refractivity contribution in [2.45, 2.75) is 32.7 Å². The minimum atomic E-state index is -0.914. The summed E-state index contributed by atoms with van der Waals surface area (Å²) < 4.78 is 1.63. The average molecular weight is 343 g/mol. The molecule has 8 nitrogen and oxygen atoms in total. The molecule has 1 aliphatic heterocycles. The summed E-state index contributed by atoms with van der Waals surface area (Å²) in [5, 5.41) is 20.3. The van der Waals surface area contributed by atoms with E-state index in [1.165, 1.54) is 0 Å². The Bertz CT molecular complexity index is 773. The SMILES string of the molecule is Cc1nnnn1CCC(=O)N1CCC(Cc2cccc(C(=O)O)c2)C1. The van der Waals surface area contributed by atoms with Crippen LogP contribution in [-0.4, -0.2) is 55.2 Å². The largest absolute Gasteiger partial charge is 0.478 e. The summed E-state index contributed by atoms with van der Waals surface area (Å²) in [7, 11) is 0. The molecule has 2 heterocycles. The molecule has 1 amide bonds. The van der Waals surface area contributed by atoms with Gasteiger partial charge in [-0.05, 0) is 53.8 Å². The zero-order chi connectivity index (χ0) is 17.8. The molecule has 1 aliphatic rings. The molecule has 2 aromatic rings. The maximum Gasteiger partial charge on any atom is 0.335 e. The van der Waals surface area contributed by atoms with Gasteiger partial charge in [0.25, 0.3) is 0 Å². The lowest BCUT2D eigenvalue weighted by Gasteiger charge is -2.16. The van der Waals surface area contributed by atoms with Crippen molar-refractivity contribution in [2.24, 2.45) is 5.92 Å². The lowest BCUT2D eigenvalue weighted by atomic mass is 9.97. The molecule has 0 saturated carbocycles. The zero-order valence-corrected chi connectivity index (χ0v) is 14.1. The number of aromatic nitrogens is 4. The van der Waals surface area contributed by atoms with Gasteiger partial charge in [-0.25, -0.2) is 9.48 Å². The first-order valence-corrected chi connectivity index (χ1v) is 8.35. The number of carbonyl (C=O) groups is 2. The normalized spacial score (nSPS) is 17.0. The van der Waals surface area contributed by atoms with Crippen LogP contribution in [0.4, 0.5) is 0 Å². The number of carbonyl (C=O) groups excluding carboxylic acids is 1. The van der Waals surface area contributed by atoms with Gasteiger partial charge in [0.15, 0.2) is 0 Å². The van der Waals surface area contributed by atoms with E-state index in [0.29, 0.717) is 36.8 Å². The molecule has 0 radical (unpaired) electrons. The van der Waals surface area contributed by atoms with Crippen molar-refractivity contribution in [3.05, 3.63) is 41.2 Å². The number of nitrogens with zero attached hydrogens (tertiary/aromatic N) is 5. The van der Waals surface area contributed by atoms with Gasteiger partial charge in [0.1, 0.15) is 5.82 Å². The number of carboxylic acid groups (broad SMARTS) is 1. The maximum atomic E-state index is 12.4. The number of aromatic carboxylic acids is 1. The Morgan fingerprint density at radius 3 is 2.92 bits per heavy atom. The number of aryl methyl sites for hydroxylation is 2. The summed E-state index contributed by atoms with van der Waals surface area (Å²) in [6.07, 6.45) is 2.11. The molecule has 1 unspecified atom stereocenters. The van der Waals surface area contributed by atoms with Crippen LogP contribution in [0.5, 0.6) is 0 Å². The second kappa shape index (κ2) is 7.42. The van der Waals surface area contributed by atoms with E-state index < -0.39 is 5.97 Å². The van der Waals surface area contributed by atoms with Gasteiger partial charge >= 0.3 is 5.97 Å². The Morgan fingerprint density at radius 2 is 2.20 bits per heavy atom. The van der Waals surface area contributed by atoms with Crippen LogP contribution in [0.15, 0.2) is 24.3 Å². The molecule has 1 aromatic heterocycles. The first-order chi connectivity index (χ1) is 12.0. The summed E-state index contributed by atoms with van der Waals surface area (Å²) in [5.74, 6) is 0.257. The monoisotopic (exact) mass is 343 g/mol. The fraction of sp³-hybridized carbons (Fsp3) is 0.471. The predicted octanol–water partition coefficient (Wildman–Crippen LogP) is 1.16. The zero-order valence-electron chi connectivity index (χ0n) is 14.1. The fourth-order valence-electron chi connectivity index (χ4n) is 3.21. The summed E-state index contributed by atoms with van der Waals surface area (Å²) in [6, 6.07) is 7.02. The molecule has 0 aliphatic carbocycles. The van der Waals surface area contributed by atoms with Gasteiger partial charge in [0.2, 0.25) is 5.91 Å². The molecule has 132 valence electrons. The van der Waals surface area contributed by atoms with E-state index in [0.717, 1.165) is 24.9 Å². The van der Waals surface area contributed by atoms with Crippen molar-refractivity contribution in [3.63, 3.8) is 0 Å². The number of rotatable bonds is 6. The van der Waals surface area contributed by atoms with Crippen LogP contribution in [0.1, 0.15) is 34.6 Å². The van der Waals surface area contributed by atoms with Crippen molar-refractivity contribution < 1.29 is 14.7 Å². The Labute approximate surface area is 145 Å². The third kappa shape index (κ3) is 4.20. The molecular formula is C17H21N5O3. The van der Waals surface area contributed by atoms with E-state index in [-0.39, 0.29) is 5.91 Å². The molecule has 0 bridgehead atoms. The first-order valence-electron chi connectivity index (χ1n) is 8.35. The minimum Gasteiger partial charge on any atom is -0.478 e. The second-order valence-electron chi connectivity index (χ2n) is 6.40. The van der Waals surface area contributed by atoms with Crippen LogP contribution in [-0.2, 0) is 17.8 Å². The minimum absolute atomic E-state index is 0.108. The predicted molar refractivity (Wildman–Crippen MR) is 89.0 cm³/mol. The molecule has 25 heavy (non-hydrogen) atoms. The highest BCUT2D eigenvalue weighted by Crippen LogP contribution is 2.22. The first kappa shape index (κ1) is 17.1. The molecule has 0 spiro atoms. The number of carboxylic acids is 1. The van der Waals surface area contributed by atoms with E-state index in [4.69, 9.17) is 5.11 Å². The smallest absolute Gasteiger partial charge is 0.335 e. The number of amides is 1. The summed E-state index contributed by atoms with van der Waals surface area (Å²) in [4.78, 5) is 25.3. The molecular weight excluding hydrogens is 322 g/mol. The van der Waals surface area contributed by atoms with Crippen LogP contribution in [0.3, 0.4) is 0 Å². The lowest BCUT2D eigenvalue weighted by molar-refractivity contribution is -0.130. The Morgan fingerprint density at radius 1 is 1.36 bits per heavy atom. The highest BCUT2D eigenvalue weighted by molar-refractivity contribution is 5.87. The molecule has 1 fully saturated rings. The second-order valence-corrected chi connectivity index (χ2v) is 6.40. The van der Waals surface area contributed by atoms with Crippen LogP contribution in [0.25, 0.3) is 0 Å². The van der Waals surface area contributed by atoms with Crippen molar-refractivity contribution in [2.75, 3.05) is 13.1 Å². The maximum absolute atomic E-state index is 12.4. The summed E-state index contributed by atoms with van der Waals surface area (Å²) in [6.45, 7) is 3.75. The highest BCUT2D eigenvalue weighted by Gasteiger charge is 2.26. The fourth-order valence-corrected chi connectivity index (χ4v) is 3.21. The van der Waals surface area contributed by atoms with E-state index >= 15 is 0 Å². The van der Waals surface area contributed by atoms with Crippen LogP contribution >= 0.6 is 0 Å². The van der Waals surface area contributed by atoms with Gasteiger partial charge in [-0.3, -0.25) is 4.79 Å². The molecule has 1 saturated heterocycles. The van der Waals surface area contributed by atoms with Crippen LogP contribution in [0, 0.1) is 12.8 Å². The van der Waals surface area contributed by atoms with Crippen LogP contribution < -0.4 is 0 Å². The Kier molecular flexibility index (Phi) is 5.06. The average Bonchev–Trinajstić information content (AvgIpc) is 3.22. The van der Waals surface area contributed by atoms with E-state index in [2.05, 4.69) is 15.5 Å². The number of hydrogen-bond acceptors (Lipinski definition) is 5. The van der Waals surface area contributed by atoms with E-state index in [9.17, 15) is 9.59 Å². The van der Waals surface area contributed by atoms with Crippen molar-refractivity contribution >= 4 is 11.9 Å². The topological polar surface area (TPSA) is 101 Å². The van der Waals surface area contributed by atoms with E-state index in [1.807, 2.05) is 17.9 Å². The molecule has 1 aromatic carbocycles. The van der Waals surface area contributed by atoms with Crippen molar-refractivity contribution in [3.8, 4) is 0 Å². The Hall–Kier alpha value is -2.77. The molecule has 1 atom stereocenters. The standard InChI is InChI=1S/C17H21N5O3/c1-12-18-19-20-22(12)8-6-16(23)21-7-5-14(11-21)9-13-3-2-4-15(10-13)17(24)25/h2-4,10,14H,5-9,11H2,1H3,(H,24,25). The van der Waals surface area contributed by atoms with Gasteiger partial charge in [0.05, 0.1) is 12.1 Å². The van der Waals surface area contributed by atoms with Gasteiger partial charge < -0.3 is 10.0 Å². The molecule has 1 N–H and O–H groups in total. The summed E-state index contributed by atoms with van der Waals surface area (Å²) in [5.41, 5.74) is 1.31. The Balaban J connectivity index is 1.51. The van der Waals surface area contributed by atoms with Crippen molar-refractivity contribution in [1.82, 2.24) is 25.1 Å².